The lowest BCUT2D eigenvalue weighted by Gasteiger charge is -2.34. The van der Waals surface area contributed by atoms with E-state index in [2.05, 4.69) is 149 Å². The number of fused-ring (bicyclic) bond motifs is 8. The summed E-state index contributed by atoms with van der Waals surface area (Å²) in [7, 11) is 0. The second kappa shape index (κ2) is 10.5. The van der Waals surface area contributed by atoms with Crippen molar-refractivity contribution < 1.29 is 9.15 Å². The highest BCUT2D eigenvalue weighted by molar-refractivity contribution is 6.09. The first kappa shape index (κ1) is 26.7. The van der Waals surface area contributed by atoms with Gasteiger partial charge in [-0.15, -0.1) is 0 Å². The van der Waals surface area contributed by atoms with E-state index in [4.69, 9.17) is 9.15 Å². The third-order valence-electron chi connectivity index (χ3n) is 9.39. The van der Waals surface area contributed by atoms with E-state index in [-0.39, 0.29) is 0 Å². The van der Waals surface area contributed by atoms with Crippen molar-refractivity contribution in [3.05, 3.63) is 170 Å². The van der Waals surface area contributed by atoms with E-state index in [1.54, 1.807) is 0 Å². The molecule has 1 aromatic heterocycles. The van der Waals surface area contributed by atoms with Crippen LogP contribution in [0, 0.1) is 0 Å². The molecule has 0 atom stereocenters. The first-order chi connectivity index (χ1) is 23.8. The van der Waals surface area contributed by atoms with Crippen LogP contribution in [0.5, 0.6) is 11.5 Å². The van der Waals surface area contributed by atoms with Crippen LogP contribution in [0.25, 0.3) is 43.5 Å². The molecule has 0 aliphatic carbocycles. The van der Waals surface area contributed by atoms with Crippen LogP contribution >= 0.6 is 0 Å². The van der Waals surface area contributed by atoms with Gasteiger partial charge in [-0.25, -0.2) is 0 Å². The predicted molar refractivity (Wildman–Crippen MR) is 198 cm³/mol. The van der Waals surface area contributed by atoms with Gasteiger partial charge in [-0.3, -0.25) is 0 Å². The van der Waals surface area contributed by atoms with Gasteiger partial charge >= 0.3 is 0 Å². The molecule has 0 bridgehead atoms. The smallest absolute Gasteiger partial charge is 0.153 e. The lowest BCUT2D eigenvalue weighted by atomic mass is 10.0. The number of anilines is 6. The molecular formula is C44H28N2O2. The van der Waals surface area contributed by atoms with E-state index in [0.717, 1.165) is 67.6 Å². The van der Waals surface area contributed by atoms with Gasteiger partial charge in [0.25, 0.3) is 0 Å². The second-order valence-electron chi connectivity index (χ2n) is 12.2. The number of ether oxygens (including phenoxy) is 1. The van der Waals surface area contributed by atoms with Crippen LogP contribution in [0.15, 0.2) is 174 Å². The Hall–Kier alpha value is -6.52. The van der Waals surface area contributed by atoms with Crippen LogP contribution in [-0.2, 0) is 0 Å². The van der Waals surface area contributed by atoms with Crippen LogP contribution < -0.4 is 14.5 Å². The maximum Gasteiger partial charge on any atom is 0.153 e. The van der Waals surface area contributed by atoms with E-state index in [1.165, 1.54) is 21.5 Å². The predicted octanol–water partition coefficient (Wildman–Crippen LogP) is 12.9. The zero-order valence-corrected chi connectivity index (χ0v) is 25.9. The molecule has 9 aromatic rings. The van der Waals surface area contributed by atoms with Crippen molar-refractivity contribution in [1.29, 1.82) is 0 Å². The molecule has 0 radical (unpaired) electrons. The summed E-state index contributed by atoms with van der Waals surface area (Å²) in [5, 5.41) is 7.17. The highest BCUT2D eigenvalue weighted by Gasteiger charge is 2.27. The van der Waals surface area contributed by atoms with Crippen molar-refractivity contribution >= 4 is 77.6 Å². The van der Waals surface area contributed by atoms with Crippen LogP contribution in [0.1, 0.15) is 0 Å². The van der Waals surface area contributed by atoms with Crippen molar-refractivity contribution in [3.8, 4) is 11.5 Å². The fraction of sp³-hybridized carbons (Fsp3) is 0. The Morgan fingerprint density at radius 3 is 2.00 bits per heavy atom. The maximum absolute atomic E-state index is 6.65. The molecular weight excluding hydrogens is 588 g/mol. The first-order valence-corrected chi connectivity index (χ1v) is 16.2. The lowest BCUT2D eigenvalue weighted by Crippen LogP contribution is -2.16. The molecule has 0 saturated carbocycles. The number of hydrogen-bond acceptors (Lipinski definition) is 4. The average Bonchev–Trinajstić information content (AvgIpc) is 3.52. The summed E-state index contributed by atoms with van der Waals surface area (Å²) in [5.41, 5.74) is 7.85. The lowest BCUT2D eigenvalue weighted by molar-refractivity contribution is 0.477. The fourth-order valence-corrected chi connectivity index (χ4v) is 7.18. The van der Waals surface area contributed by atoms with Gasteiger partial charge in [0, 0.05) is 40.0 Å². The molecule has 0 N–H and O–H groups in total. The summed E-state index contributed by atoms with van der Waals surface area (Å²) in [5.74, 6) is 1.58. The molecule has 48 heavy (non-hydrogen) atoms. The summed E-state index contributed by atoms with van der Waals surface area (Å²) in [6, 6.07) is 59.6. The molecule has 1 aliphatic rings. The number of para-hydroxylation sites is 4. The Morgan fingerprint density at radius 1 is 0.396 bits per heavy atom. The minimum absolute atomic E-state index is 0.781. The summed E-state index contributed by atoms with van der Waals surface area (Å²) in [4.78, 5) is 4.56. The van der Waals surface area contributed by atoms with Crippen molar-refractivity contribution in [2.45, 2.75) is 0 Å². The SMILES string of the molecule is c1ccc(N(c2ccc3c(c2)Oc2ccccc2N3c2ccc3c(c2)oc2ccccc23)c2ccc3c(ccc4ccccc43)c2)cc1. The van der Waals surface area contributed by atoms with Gasteiger partial charge in [0.1, 0.15) is 11.2 Å². The van der Waals surface area contributed by atoms with E-state index in [1.807, 2.05) is 30.3 Å². The van der Waals surface area contributed by atoms with Crippen LogP contribution in [0.2, 0.25) is 0 Å². The molecule has 4 nitrogen and oxygen atoms in total. The monoisotopic (exact) mass is 616 g/mol. The van der Waals surface area contributed by atoms with Crippen molar-refractivity contribution in [3.63, 3.8) is 0 Å². The van der Waals surface area contributed by atoms with E-state index in [0.29, 0.717) is 0 Å². The van der Waals surface area contributed by atoms with Crippen molar-refractivity contribution in [1.82, 2.24) is 0 Å². The van der Waals surface area contributed by atoms with Gasteiger partial charge in [-0.1, -0.05) is 91.0 Å². The normalized spacial score (nSPS) is 12.3. The molecule has 226 valence electrons. The van der Waals surface area contributed by atoms with Crippen molar-refractivity contribution in [2.75, 3.05) is 9.80 Å². The topological polar surface area (TPSA) is 28.9 Å². The molecule has 8 aromatic carbocycles. The third-order valence-corrected chi connectivity index (χ3v) is 9.39. The van der Waals surface area contributed by atoms with E-state index in [9.17, 15) is 0 Å². The number of furan rings is 1. The number of benzene rings is 8. The number of hydrogen-bond donors (Lipinski definition) is 0. The van der Waals surface area contributed by atoms with Crippen LogP contribution in [0.4, 0.5) is 34.1 Å². The van der Waals surface area contributed by atoms with Crippen LogP contribution in [-0.4, -0.2) is 0 Å². The second-order valence-corrected chi connectivity index (χ2v) is 12.2. The molecule has 0 unspecified atom stereocenters. The average molecular weight is 617 g/mol. The molecule has 1 aliphatic heterocycles. The van der Waals surface area contributed by atoms with Gasteiger partial charge in [0.15, 0.2) is 11.5 Å². The summed E-state index contributed by atoms with van der Waals surface area (Å²) in [6.07, 6.45) is 0. The standard InChI is InChI=1S/C44H28N2O2/c1-2-11-31(12-3-1)45(32-20-23-36-30(26-32)19-18-29-10-4-5-13-35(29)36)33-22-25-40-44(28-33)48-42-17-9-7-15-39(42)46(40)34-21-24-38-37-14-6-8-16-41(37)47-43(38)27-34/h1-28H. The number of nitrogens with zero attached hydrogens (tertiary/aromatic N) is 2. The zero-order valence-electron chi connectivity index (χ0n) is 25.9. The molecule has 0 amide bonds. The minimum atomic E-state index is 0.781. The molecule has 2 heterocycles. The van der Waals surface area contributed by atoms with Gasteiger partial charge < -0.3 is 19.0 Å². The molecule has 0 saturated heterocycles. The summed E-state index contributed by atoms with van der Waals surface area (Å²) in [6.45, 7) is 0. The van der Waals surface area contributed by atoms with Gasteiger partial charge in [0.05, 0.1) is 17.1 Å². The van der Waals surface area contributed by atoms with E-state index < -0.39 is 0 Å². The summed E-state index contributed by atoms with van der Waals surface area (Å²) < 4.78 is 13.0. The Balaban J connectivity index is 1.12. The van der Waals surface area contributed by atoms with Crippen molar-refractivity contribution in [2.24, 2.45) is 0 Å². The maximum atomic E-state index is 6.65. The Labute approximate surface area is 277 Å². The first-order valence-electron chi connectivity index (χ1n) is 16.2. The van der Waals surface area contributed by atoms with E-state index >= 15 is 0 Å². The molecule has 0 spiro atoms. The zero-order chi connectivity index (χ0) is 31.6. The molecule has 4 heteroatoms. The molecule has 10 rings (SSSR count). The Morgan fingerprint density at radius 2 is 1.06 bits per heavy atom. The quantitative estimate of drug-likeness (QED) is 0.184. The highest BCUT2D eigenvalue weighted by atomic mass is 16.5. The number of rotatable bonds is 4. The molecule has 0 fully saturated rings. The van der Waals surface area contributed by atoms with Gasteiger partial charge in [-0.05, 0) is 88.3 Å². The third kappa shape index (κ3) is 4.16. The fourth-order valence-electron chi connectivity index (χ4n) is 7.18. The van der Waals surface area contributed by atoms with Gasteiger partial charge in [0.2, 0.25) is 0 Å². The highest BCUT2D eigenvalue weighted by Crippen LogP contribution is 2.52. The summed E-state index contributed by atoms with van der Waals surface area (Å²) >= 11 is 0. The van der Waals surface area contributed by atoms with Gasteiger partial charge in [-0.2, -0.15) is 0 Å². The Kier molecular flexibility index (Phi) is 5.84. The minimum Gasteiger partial charge on any atom is -0.456 e. The van der Waals surface area contributed by atoms with Crippen LogP contribution in [0.3, 0.4) is 0 Å². The largest absolute Gasteiger partial charge is 0.456 e. The Bertz CT molecular complexity index is 2680.